The Hall–Kier alpha value is -3.16. The van der Waals surface area contributed by atoms with Crippen LogP contribution in [0.25, 0.3) is 0 Å². The predicted octanol–water partition coefficient (Wildman–Crippen LogP) is 4.02. The summed E-state index contributed by atoms with van der Waals surface area (Å²) in [5.41, 5.74) is 0.0620. The summed E-state index contributed by atoms with van der Waals surface area (Å²) in [4.78, 5) is 24.0. The van der Waals surface area contributed by atoms with Gasteiger partial charge in [0.15, 0.2) is 6.10 Å². The highest BCUT2D eigenvalue weighted by molar-refractivity contribution is 5.96. The molecule has 0 aromatic heterocycles. The Bertz CT molecular complexity index is 770. The van der Waals surface area contributed by atoms with Crippen molar-refractivity contribution in [3.05, 3.63) is 54.6 Å². The molecule has 1 N–H and O–H groups in total. The third kappa shape index (κ3) is 7.22. The molecule has 0 unspecified atom stereocenters. The second-order valence-corrected chi connectivity index (χ2v) is 5.76. The number of hydrogen-bond donors (Lipinski definition) is 1. The van der Waals surface area contributed by atoms with Crippen molar-refractivity contribution in [2.45, 2.75) is 32.5 Å². The van der Waals surface area contributed by atoms with E-state index < -0.39 is 24.6 Å². The van der Waals surface area contributed by atoms with E-state index in [1.807, 2.05) is 18.2 Å². The minimum Gasteiger partial charge on any atom is -0.494 e. The molecule has 0 heterocycles. The monoisotopic (exact) mass is 393 g/mol. The van der Waals surface area contributed by atoms with Crippen LogP contribution in [0.4, 0.5) is 14.5 Å². The smallest absolute Gasteiger partial charge is 0.387 e. The zero-order valence-electron chi connectivity index (χ0n) is 15.3. The molecule has 0 radical (unpaired) electrons. The fraction of sp³-hybridized carbons (Fsp3) is 0.300. The summed E-state index contributed by atoms with van der Waals surface area (Å²) in [6.07, 6.45) is -0.593. The summed E-state index contributed by atoms with van der Waals surface area (Å²) < 4.78 is 39.7. The van der Waals surface area contributed by atoms with Gasteiger partial charge in [0.25, 0.3) is 5.91 Å². The summed E-state index contributed by atoms with van der Waals surface area (Å²) >= 11 is 0. The van der Waals surface area contributed by atoms with E-state index in [1.54, 1.807) is 18.2 Å². The summed E-state index contributed by atoms with van der Waals surface area (Å²) in [7, 11) is 0. The first-order valence-electron chi connectivity index (χ1n) is 8.67. The lowest BCUT2D eigenvalue weighted by Gasteiger charge is -2.15. The molecule has 2 aromatic rings. The number of nitrogens with one attached hydrogen (secondary N) is 1. The van der Waals surface area contributed by atoms with Crippen LogP contribution in [0.5, 0.6) is 11.5 Å². The Morgan fingerprint density at radius 1 is 1.04 bits per heavy atom. The predicted molar refractivity (Wildman–Crippen MR) is 98.4 cm³/mol. The molecule has 0 aliphatic rings. The first-order chi connectivity index (χ1) is 13.5. The van der Waals surface area contributed by atoms with Crippen molar-refractivity contribution in [2.24, 2.45) is 0 Å². The Morgan fingerprint density at radius 2 is 1.71 bits per heavy atom. The summed E-state index contributed by atoms with van der Waals surface area (Å²) in [5, 5.41) is 2.41. The third-order valence-electron chi connectivity index (χ3n) is 3.58. The topological polar surface area (TPSA) is 73.9 Å². The van der Waals surface area contributed by atoms with Gasteiger partial charge in [-0.3, -0.25) is 9.59 Å². The highest BCUT2D eigenvalue weighted by Crippen LogP contribution is 2.25. The maximum atomic E-state index is 12.4. The van der Waals surface area contributed by atoms with Gasteiger partial charge in [0.1, 0.15) is 11.5 Å². The summed E-state index contributed by atoms with van der Waals surface area (Å²) in [6.45, 7) is -1.30. The number of halogens is 2. The van der Waals surface area contributed by atoms with E-state index in [1.165, 1.54) is 25.1 Å². The highest BCUT2D eigenvalue weighted by atomic mass is 19.3. The third-order valence-corrected chi connectivity index (χ3v) is 3.58. The SMILES string of the molecule is C[C@@H](OC(=O)CCCOc1ccccc1)C(=O)Nc1ccccc1OC(F)F. The van der Waals surface area contributed by atoms with Crippen molar-refractivity contribution in [2.75, 3.05) is 11.9 Å². The number of esters is 1. The summed E-state index contributed by atoms with van der Waals surface area (Å²) in [5.74, 6) is -0.689. The van der Waals surface area contributed by atoms with Crippen LogP contribution in [0, 0.1) is 0 Å². The number of amides is 1. The molecule has 1 amide bonds. The second-order valence-electron chi connectivity index (χ2n) is 5.76. The highest BCUT2D eigenvalue weighted by Gasteiger charge is 2.19. The Morgan fingerprint density at radius 3 is 2.43 bits per heavy atom. The fourth-order valence-corrected chi connectivity index (χ4v) is 2.24. The zero-order valence-corrected chi connectivity index (χ0v) is 15.3. The molecule has 6 nitrogen and oxygen atoms in total. The van der Waals surface area contributed by atoms with Crippen molar-refractivity contribution < 1.29 is 32.6 Å². The lowest BCUT2D eigenvalue weighted by Crippen LogP contribution is -2.30. The molecule has 0 saturated heterocycles. The van der Waals surface area contributed by atoms with Gasteiger partial charge in [-0.25, -0.2) is 0 Å². The number of ether oxygens (including phenoxy) is 3. The number of anilines is 1. The molecule has 0 fully saturated rings. The Balaban J connectivity index is 1.75. The average molecular weight is 393 g/mol. The molecule has 0 bridgehead atoms. The van der Waals surface area contributed by atoms with E-state index in [2.05, 4.69) is 10.1 Å². The number of benzene rings is 2. The molecule has 2 aromatic carbocycles. The van der Waals surface area contributed by atoms with E-state index in [0.29, 0.717) is 18.8 Å². The fourth-order valence-electron chi connectivity index (χ4n) is 2.24. The van der Waals surface area contributed by atoms with Crippen LogP contribution in [0.3, 0.4) is 0 Å². The van der Waals surface area contributed by atoms with Gasteiger partial charge in [-0.15, -0.1) is 0 Å². The minimum atomic E-state index is -3.02. The molecular weight excluding hydrogens is 372 g/mol. The summed E-state index contributed by atoms with van der Waals surface area (Å²) in [6, 6.07) is 14.9. The maximum Gasteiger partial charge on any atom is 0.387 e. The van der Waals surface area contributed by atoms with E-state index in [-0.39, 0.29) is 17.9 Å². The van der Waals surface area contributed by atoms with E-state index in [4.69, 9.17) is 9.47 Å². The molecule has 0 spiro atoms. The van der Waals surface area contributed by atoms with Gasteiger partial charge in [-0.2, -0.15) is 8.78 Å². The van der Waals surface area contributed by atoms with Gasteiger partial charge in [0.2, 0.25) is 0 Å². The molecule has 8 heteroatoms. The zero-order chi connectivity index (χ0) is 20.4. The van der Waals surface area contributed by atoms with E-state index in [0.717, 1.165) is 0 Å². The van der Waals surface area contributed by atoms with Gasteiger partial charge in [0.05, 0.1) is 12.3 Å². The quantitative estimate of drug-likeness (QED) is 0.488. The van der Waals surface area contributed by atoms with Crippen molar-refractivity contribution in [3.8, 4) is 11.5 Å². The molecular formula is C20H21F2NO5. The first kappa shape index (κ1) is 21.1. The minimum absolute atomic E-state index is 0.0620. The molecule has 0 aliphatic heterocycles. The normalized spacial score (nSPS) is 11.6. The standard InChI is InChI=1S/C20H21F2NO5/c1-14(19(25)23-16-10-5-6-11-17(16)28-20(21)22)27-18(24)12-7-13-26-15-8-3-2-4-9-15/h2-6,8-11,14,20H,7,12-13H2,1H3,(H,23,25)/t14-/m1/s1. The van der Waals surface area contributed by atoms with Crippen LogP contribution in [0.2, 0.25) is 0 Å². The van der Waals surface area contributed by atoms with Gasteiger partial charge >= 0.3 is 12.6 Å². The molecule has 2 rings (SSSR count). The van der Waals surface area contributed by atoms with Crippen molar-refractivity contribution in [3.63, 3.8) is 0 Å². The lowest BCUT2D eigenvalue weighted by molar-refractivity contribution is -0.153. The van der Waals surface area contributed by atoms with Crippen LogP contribution >= 0.6 is 0 Å². The number of para-hydroxylation sites is 3. The maximum absolute atomic E-state index is 12.4. The molecule has 1 atom stereocenters. The van der Waals surface area contributed by atoms with Crippen LogP contribution in [-0.2, 0) is 14.3 Å². The second kappa shape index (κ2) is 10.9. The Labute approximate surface area is 161 Å². The first-order valence-corrected chi connectivity index (χ1v) is 8.67. The molecule has 0 aliphatic carbocycles. The molecule has 150 valence electrons. The van der Waals surface area contributed by atoms with Crippen molar-refractivity contribution in [1.29, 1.82) is 0 Å². The number of carbonyl (C=O) groups excluding carboxylic acids is 2. The lowest BCUT2D eigenvalue weighted by atomic mass is 10.2. The number of rotatable bonds is 10. The van der Waals surface area contributed by atoms with E-state index >= 15 is 0 Å². The van der Waals surface area contributed by atoms with Crippen LogP contribution in [0.1, 0.15) is 19.8 Å². The van der Waals surface area contributed by atoms with Crippen LogP contribution in [0.15, 0.2) is 54.6 Å². The van der Waals surface area contributed by atoms with Crippen LogP contribution in [-0.4, -0.2) is 31.2 Å². The average Bonchev–Trinajstić information content (AvgIpc) is 2.67. The van der Waals surface area contributed by atoms with Gasteiger partial charge in [0, 0.05) is 6.42 Å². The number of hydrogen-bond acceptors (Lipinski definition) is 5. The molecule has 0 saturated carbocycles. The van der Waals surface area contributed by atoms with E-state index in [9.17, 15) is 18.4 Å². The van der Waals surface area contributed by atoms with Crippen molar-refractivity contribution in [1.82, 2.24) is 0 Å². The molecule has 28 heavy (non-hydrogen) atoms. The van der Waals surface area contributed by atoms with Crippen LogP contribution < -0.4 is 14.8 Å². The number of alkyl halides is 2. The largest absolute Gasteiger partial charge is 0.494 e. The Kier molecular flexibility index (Phi) is 8.20. The van der Waals surface area contributed by atoms with Gasteiger partial charge in [-0.05, 0) is 37.6 Å². The van der Waals surface area contributed by atoms with Gasteiger partial charge < -0.3 is 19.5 Å². The number of carbonyl (C=O) groups is 2. The van der Waals surface area contributed by atoms with Crippen molar-refractivity contribution >= 4 is 17.6 Å². The van der Waals surface area contributed by atoms with Gasteiger partial charge in [-0.1, -0.05) is 30.3 Å².